The number of amides is 1. The lowest BCUT2D eigenvalue weighted by atomic mass is 9.99. The summed E-state index contributed by atoms with van der Waals surface area (Å²) in [6.45, 7) is 3.90. The van der Waals surface area contributed by atoms with Gasteiger partial charge in [-0.25, -0.2) is 0 Å². The van der Waals surface area contributed by atoms with Gasteiger partial charge in [0.1, 0.15) is 0 Å². The SMILES string of the molecule is Cc1ccc(C(=O)NC(C)c2cccc3ccccc23)cn1. The van der Waals surface area contributed by atoms with E-state index in [1.807, 2.05) is 38.1 Å². The van der Waals surface area contributed by atoms with Crippen LogP contribution in [0.4, 0.5) is 0 Å². The Bertz CT molecular complexity index is 804. The molecule has 0 aliphatic heterocycles. The highest BCUT2D eigenvalue weighted by molar-refractivity contribution is 5.94. The Morgan fingerprint density at radius 1 is 1.05 bits per heavy atom. The molecule has 22 heavy (non-hydrogen) atoms. The second-order valence-electron chi connectivity index (χ2n) is 5.45. The van der Waals surface area contributed by atoms with Crippen molar-refractivity contribution in [2.45, 2.75) is 19.9 Å². The molecule has 3 heteroatoms. The first-order chi connectivity index (χ1) is 10.6. The number of benzene rings is 2. The van der Waals surface area contributed by atoms with E-state index in [-0.39, 0.29) is 11.9 Å². The fourth-order valence-electron chi connectivity index (χ4n) is 2.59. The van der Waals surface area contributed by atoms with Crippen LogP contribution in [0.3, 0.4) is 0 Å². The summed E-state index contributed by atoms with van der Waals surface area (Å²) >= 11 is 0. The number of nitrogens with zero attached hydrogens (tertiary/aromatic N) is 1. The Morgan fingerprint density at radius 3 is 2.59 bits per heavy atom. The van der Waals surface area contributed by atoms with Gasteiger partial charge in [0.2, 0.25) is 0 Å². The molecule has 0 saturated heterocycles. The second kappa shape index (κ2) is 5.98. The Labute approximate surface area is 130 Å². The highest BCUT2D eigenvalue weighted by Gasteiger charge is 2.13. The third-order valence-electron chi connectivity index (χ3n) is 3.81. The highest BCUT2D eigenvalue weighted by Crippen LogP contribution is 2.24. The van der Waals surface area contributed by atoms with Crippen LogP contribution in [-0.2, 0) is 0 Å². The van der Waals surface area contributed by atoms with E-state index < -0.39 is 0 Å². The van der Waals surface area contributed by atoms with E-state index in [0.29, 0.717) is 5.56 Å². The maximum Gasteiger partial charge on any atom is 0.253 e. The second-order valence-corrected chi connectivity index (χ2v) is 5.45. The molecule has 0 aliphatic rings. The molecule has 0 aliphatic carbocycles. The smallest absolute Gasteiger partial charge is 0.253 e. The molecular formula is C19H18N2O. The third-order valence-corrected chi connectivity index (χ3v) is 3.81. The third kappa shape index (κ3) is 2.84. The first-order valence-corrected chi connectivity index (χ1v) is 7.36. The van der Waals surface area contributed by atoms with Gasteiger partial charge in [0.15, 0.2) is 0 Å². The molecule has 110 valence electrons. The van der Waals surface area contributed by atoms with Crippen molar-refractivity contribution in [3.05, 3.63) is 77.6 Å². The average Bonchev–Trinajstić information content (AvgIpc) is 2.54. The number of aromatic nitrogens is 1. The number of hydrogen-bond acceptors (Lipinski definition) is 2. The molecule has 1 atom stereocenters. The summed E-state index contributed by atoms with van der Waals surface area (Å²) in [7, 11) is 0. The summed E-state index contributed by atoms with van der Waals surface area (Å²) in [6, 6.07) is 17.9. The number of aryl methyl sites for hydroxylation is 1. The number of hydrogen-bond donors (Lipinski definition) is 1. The zero-order valence-electron chi connectivity index (χ0n) is 12.7. The summed E-state index contributed by atoms with van der Waals surface area (Å²) < 4.78 is 0. The number of carbonyl (C=O) groups excluding carboxylic acids is 1. The number of pyridine rings is 1. The summed E-state index contributed by atoms with van der Waals surface area (Å²) in [5.74, 6) is -0.104. The standard InChI is InChI=1S/C19H18N2O/c1-13-10-11-16(12-20-13)19(22)21-14(2)17-9-5-7-15-6-3-4-8-18(15)17/h3-12,14H,1-2H3,(H,21,22). The van der Waals surface area contributed by atoms with Gasteiger partial charge in [0.05, 0.1) is 11.6 Å². The van der Waals surface area contributed by atoms with Crippen molar-refractivity contribution >= 4 is 16.7 Å². The fraction of sp³-hybridized carbons (Fsp3) is 0.158. The van der Waals surface area contributed by atoms with Crippen LogP contribution in [0.15, 0.2) is 60.8 Å². The maximum absolute atomic E-state index is 12.3. The largest absolute Gasteiger partial charge is 0.345 e. The van der Waals surface area contributed by atoms with E-state index in [9.17, 15) is 4.79 Å². The van der Waals surface area contributed by atoms with Crippen LogP contribution in [0, 0.1) is 6.92 Å². The Morgan fingerprint density at radius 2 is 1.82 bits per heavy atom. The van der Waals surface area contributed by atoms with Gasteiger partial charge < -0.3 is 5.32 Å². The Hall–Kier alpha value is -2.68. The van der Waals surface area contributed by atoms with Crippen LogP contribution in [0.1, 0.15) is 34.6 Å². The molecule has 1 amide bonds. The molecule has 1 N–H and O–H groups in total. The van der Waals surface area contributed by atoms with Crippen LogP contribution in [0.2, 0.25) is 0 Å². The topological polar surface area (TPSA) is 42.0 Å². The van der Waals surface area contributed by atoms with Crippen molar-refractivity contribution < 1.29 is 4.79 Å². The van der Waals surface area contributed by atoms with Gasteiger partial charge in [-0.05, 0) is 42.3 Å². The monoisotopic (exact) mass is 290 g/mol. The molecule has 1 heterocycles. The van der Waals surface area contributed by atoms with Crippen molar-refractivity contribution in [3.63, 3.8) is 0 Å². The highest BCUT2D eigenvalue weighted by atomic mass is 16.1. The van der Waals surface area contributed by atoms with Crippen molar-refractivity contribution in [1.29, 1.82) is 0 Å². The van der Waals surface area contributed by atoms with Gasteiger partial charge in [0, 0.05) is 11.9 Å². The van der Waals surface area contributed by atoms with Crippen molar-refractivity contribution in [1.82, 2.24) is 10.3 Å². The molecule has 0 bridgehead atoms. The Kier molecular flexibility index (Phi) is 3.88. The van der Waals surface area contributed by atoms with Gasteiger partial charge in [-0.2, -0.15) is 0 Å². The van der Waals surface area contributed by atoms with Crippen LogP contribution >= 0.6 is 0 Å². The van der Waals surface area contributed by atoms with Crippen LogP contribution in [-0.4, -0.2) is 10.9 Å². The Balaban J connectivity index is 1.85. The van der Waals surface area contributed by atoms with Gasteiger partial charge in [-0.15, -0.1) is 0 Å². The van der Waals surface area contributed by atoms with Crippen LogP contribution in [0.5, 0.6) is 0 Å². The van der Waals surface area contributed by atoms with Gasteiger partial charge in [0.25, 0.3) is 5.91 Å². The normalized spacial score (nSPS) is 12.1. The zero-order valence-corrected chi connectivity index (χ0v) is 12.7. The lowest BCUT2D eigenvalue weighted by Crippen LogP contribution is -2.26. The van der Waals surface area contributed by atoms with Crippen LogP contribution < -0.4 is 5.32 Å². The van der Waals surface area contributed by atoms with E-state index in [2.05, 4.69) is 34.6 Å². The van der Waals surface area contributed by atoms with E-state index in [4.69, 9.17) is 0 Å². The molecule has 0 fully saturated rings. The van der Waals surface area contributed by atoms with Crippen molar-refractivity contribution in [2.24, 2.45) is 0 Å². The first kappa shape index (κ1) is 14.3. The molecule has 0 radical (unpaired) electrons. The summed E-state index contributed by atoms with van der Waals surface area (Å²) in [6.07, 6.45) is 1.61. The molecule has 3 aromatic rings. The molecule has 2 aromatic carbocycles. The van der Waals surface area contributed by atoms with E-state index in [0.717, 1.165) is 11.3 Å². The quantitative estimate of drug-likeness (QED) is 0.791. The fourth-order valence-corrected chi connectivity index (χ4v) is 2.59. The van der Waals surface area contributed by atoms with Gasteiger partial charge >= 0.3 is 0 Å². The maximum atomic E-state index is 12.3. The number of fused-ring (bicyclic) bond motifs is 1. The zero-order chi connectivity index (χ0) is 15.5. The number of carbonyl (C=O) groups is 1. The lowest BCUT2D eigenvalue weighted by Gasteiger charge is -2.16. The predicted octanol–water partition coefficient (Wildman–Crippen LogP) is 4.03. The van der Waals surface area contributed by atoms with Crippen molar-refractivity contribution in [3.8, 4) is 0 Å². The molecule has 3 nitrogen and oxygen atoms in total. The lowest BCUT2D eigenvalue weighted by molar-refractivity contribution is 0.0940. The summed E-state index contributed by atoms with van der Waals surface area (Å²) in [5.41, 5.74) is 2.60. The molecule has 0 spiro atoms. The average molecular weight is 290 g/mol. The minimum absolute atomic E-state index is 0.0695. The molecule has 1 aromatic heterocycles. The van der Waals surface area contributed by atoms with E-state index in [1.54, 1.807) is 12.3 Å². The molecule has 1 unspecified atom stereocenters. The minimum Gasteiger partial charge on any atom is -0.345 e. The number of rotatable bonds is 3. The van der Waals surface area contributed by atoms with Gasteiger partial charge in [-0.3, -0.25) is 9.78 Å². The first-order valence-electron chi connectivity index (χ1n) is 7.36. The molecule has 3 rings (SSSR count). The summed E-state index contributed by atoms with van der Waals surface area (Å²) in [4.78, 5) is 16.5. The van der Waals surface area contributed by atoms with E-state index in [1.165, 1.54) is 10.8 Å². The molecular weight excluding hydrogens is 272 g/mol. The number of nitrogens with one attached hydrogen (secondary N) is 1. The minimum atomic E-state index is -0.104. The van der Waals surface area contributed by atoms with E-state index >= 15 is 0 Å². The summed E-state index contributed by atoms with van der Waals surface area (Å²) in [5, 5.41) is 5.39. The van der Waals surface area contributed by atoms with Gasteiger partial charge in [-0.1, -0.05) is 42.5 Å². The predicted molar refractivity (Wildman–Crippen MR) is 88.8 cm³/mol. The van der Waals surface area contributed by atoms with Crippen LogP contribution in [0.25, 0.3) is 10.8 Å². The van der Waals surface area contributed by atoms with Crippen molar-refractivity contribution in [2.75, 3.05) is 0 Å². The molecule has 0 saturated carbocycles.